The fraction of sp³-hybridized carbons (Fsp3) is 0.278. The Bertz CT molecular complexity index is 871. The van der Waals surface area contributed by atoms with E-state index < -0.39 is 15.8 Å². The zero-order valence-electron chi connectivity index (χ0n) is 14.6. The van der Waals surface area contributed by atoms with Crippen LogP contribution in [0.2, 0.25) is 0 Å². The van der Waals surface area contributed by atoms with E-state index in [9.17, 15) is 17.6 Å². The summed E-state index contributed by atoms with van der Waals surface area (Å²) in [6.07, 6.45) is 1.53. The molecule has 0 radical (unpaired) electrons. The largest absolute Gasteiger partial charge is 0.497 e. The van der Waals surface area contributed by atoms with Crippen LogP contribution in [0.25, 0.3) is 0 Å². The molecule has 1 amide bonds. The summed E-state index contributed by atoms with van der Waals surface area (Å²) in [6, 6.07) is 12.3. The van der Waals surface area contributed by atoms with Gasteiger partial charge in [0.15, 0.2) is 0 Å². The van der Waals surface area contributed by atoms with E-state index in [1.54, 1.807) is 30.3 Å². The minimum Gasteiger partial charge on any atom is -0.497 e. The van der Waals surface area contributed by atoms with Gasteiger partial charge in [-0.05, 0) is 36.8 Å². The topological polar surface area (TPSA) is 75.7 Å². The highest BCUT2D eigenvalue weighted by molar-refractivity contribution is 7.92. The number of carbonyl (C=O) groups is 1. The first kappa shape index (κ1) is 19.7. The number of rotatable bonds is 8. The Labute approximate surface area is 152 Å². The molecule has 8 heteroatoms. The standard InChI is InChI=1S/C18H21FN2O4S/c1-25-17-9-4-8-16(13-17)21(26(2,23)24)11-5-10-18(22)20-15-7-3-6-14(19)12-15/h3-4,6-9,12-13H,5,10-11H2,1-2H3,(H,20,22). The van der Waals surface area contributed by atoms with E-state index in [1.165, 1.54) is 29.6 Å². The molecule has 1 N–H and O–H groups in total. The quantitative estimate of drug-likeness (QED) is 0.764. The molecule has 0 bridgehead atoms. The van der Waals surface area contributed by atoms with E-state index in [0.717, 1.165) is 6.26 Å². The first-order chi connectivity index (χ1) is 12.3. The van der Waals surface area contributed by atoms with Gasteiger partial charge in [0.25, 0.3) is 0 Å². The van der Waals surface area contributed by atoms with Crippen molar-refractivity contribution in [3.8, 4) is 5.75 Å². The monoisotopic (exact) mass is 380 g/mol. The van der Waals surface area contributed by atoms with E-state index in [2.05, 4.69) is 5.32 Å². The zero-order chi connectivity index (χ0) is 19.2. The lowest BCUT2D eigenvalue weighted by atomic mass is 10.2. The maximum atomic E-state index is 13.1. The first-order valence-corrected chi connectivity index (χ1v) is 9.81. The third kappa shape index (κ3) is 5.73. The van der Waals surface area contributed by atoms with Gasteiger partial charge in [-0.15, -0.1) is 0 Å². The van der Waals surface area contributed by atoms with Crippen LogP contribution in [0.1, 0.15) is 12.8 Å². The predicted molar refractivity (Wildman–Crippen MR) is 99.4 cm³/mol. The number of hydrogen-bond acceptors (Lipinski definition) is 4. The predicted octanol–water partition coefficient (Wildman–Crippen LogP) is 3.02. The van der Waals surface area contributed by atoms with Crippen molar-refractivity contribution in [3.05, 3.63) is 54.3 Å². The zero-order valence-corrected chi connectivity index (χ0v) is 15.4. The molecule has 0 aliphatic carbocycles. The molecule has 0 saturated carbocycles. The van der Waals surface area contributed by atoms with E-state index in [0.29, 0.717) is 23.5 Å². The molecule has 2 aromatic carbocycles. The number of hydrogen-bond donors (Lipinski definition) is 1. The average molecular weight is 380 g/mol. The van der Waals surface area contributed by atoms with Crippen LogP contribution in [0, 0.1) is 5.82 Å². The van der Waals surface area contributed by atoms with E-state index in [4.69, 9.17) is 4.74 Å². The summed E-state index contributed by atoms with van der Waals surface area (Å²) in [4.78, 5) is 12.0. The number of nitrogens with zero attached hydrogens (tertiary/aromatic N) is 1. The maximum Gasteiger partial charge on any atom is 0.232 e. The summed E-state index contributed by atoms with van der Waals surface area (Å²) in [7, 11) is -2.01. The molecule has 26 heavy (non-hydrogen) atoms. The van der Waals surface area contributed by atoms with Crippen molar-refractivity contribution in [2.75, 3.05) is 29.5 Å². The van der Waals surface area contributed by atoms with Gasteiger partial charge in [0.05, 0.1) is 19.1 Å². The number of sulfonamides is 1. The van der Waals surface area contributed by atoms with Gasteiger partial charge in [-0.2, -0.15) is 0 Å². The van der Waals surface area contributed by atoms with Crippen LogP contribution >= 0.6 is 0 Å². The lowest BCUT2D eigenvalue weighted by Crippen LogP contribution is -2.31. The molecular formula is C18H21FN2O4S. The summed E-state index contributed by atoms with van der Waals surface area (Å²) < 4.78 is 43.6. The summed E-state index contributed by atoms with van der Waals surface area (Å²) >= 11 is 0. The van der Waals surface area contributed by atoms with Crippen molar-refractivity contribution in [1.29, 1.82) is 0 Å². The molecule has 0 aliphatic rings. The van der Waals surface area contributed by atoms with Crippen molar-refractivity contribution < 1.29 is 22.3 Å². The molecule has 0 atom stereocenters. The second kappa shape index (κ2) is 8.66. The van der Waals surface area contributed by atoms with E-state index in [-0.39, 0.29) is 18.9 Å². The summed E-state index contributed by atoms with van der Waals surface area (Å²) in [5, 5.41) is 2.59. The van der Waals surface area contributed by atoms with Gasteiger partial charge in [-0.3, -0.25) is 9.10 Å². The van der Waals surface area contributed by atoms with E-state index >= 15 is 0 Å². The Kier molecular flexibility index (Phi) is 6.57. The molecule has 0 spiro atoms. The maximum absolute atomic E-state index is 13.1. The highest BCUT2D eigenvalue weighted by Crippen LogP contribution is 2.23. The molecule has 0 unspecified atom stereocenters. The van der Waals surface area contributed by atoms with Gasteiger partial charge in [0.2, 0.25) is 15.9 Å². The van der Waals surface area contributed by atoms with Crippen LogP contribution in [-0.4, -0.2) is 34.2 Å². The minimum atomic E-state index is -3.51. The van der Waals surface area contributed by atoms with Gasteiger partial charge in [0.1, 0.15) is 11.6 Å². The highest BCUT2D eigenvalue weighted by Gasteiger charge is 2.18. The summed E-state index contributed by atoms with van der Waals surface area (Å²) in [6.45, 7) is 0.141. The van der Waals surface area contributed by atoms with Crippen LogP contribution in [0.4, 0.5) is 15.8 Å². The van der Waals surface area contributed by atoms with Crippen molar-refractivity contribution >= 4 is 27.3 Å². The Hall–Kier alpha value is -2.61. The van der Waals surface area contributed by atoms with Crippen molar-refractivity contribution in [2.24, 2.45) is 0 Å². The van der Waals surface area contributed by atoms with Crippen molar-refractivity contribution in [3.63, 3.8) is 0 Å². The Morgan fingerprint density at radius 3 is 2.58 bits per heavy atom. The number of anilines is 2. The van der Waals surface area contributed by atoms with Crippen molar-refractivity contribution in [1.82, 2.24) is 0 Å². The third-order valence-electron chi connectivity index (χ3n) is 3.62. The Morgan fingerprint density at radius 1 is 1.19 bits per heavy atom. The second-order valence-corrected chi connectivity index (χ2v) is 7.61. The molecule has 2 aromatic rings. The number of halogens is 1. The van der Waals surface area contributed by atoms with Crippen LogP contribution in [0.15, 0.2) is 48.5 Å². The van der Waals surface area contributed by atoms with Crippen LogP contribution in [0.5, 0.6) is 5.75 Å². The molecule has 0 aliphatic heterocycles. The molecular weight excluding hydrogens is 359 g/mol. The second-order valence-electron chi connectivity index (χ2n) is 5.70. The molecule has 2 rings (SSSR count). The molecule has 6 nitrogen and oxygen atoms in total. The SMILES string of the molecule is COc1cccc(N(CCCC(=O)Nc2cccc(F)c2)S(C)(=O)=O)c1. The van der Waals surface area contributed by atoms with Gasteiger partial charge < -0.3 is 10.1 Å². The van der Waals surface area contributed by atoms with Crippen LogP contribution in [0.3, 0.4) is 0 Å². The Balaban J connectivity index is 1.98. The van der Waals surface area contributed by atoms with E-state index in [1.807, 2.05) is 0 Å². The van der Waals surface area contributed by atoms with Crippen LogP contribution < -0.4 is 14.4 Å². The van der Waals surface area contributed by atoms with Gasteiger partial charge in [-0.1, -0.05) is 12.1 Å². The lowest BCUT2D eigenvalue weighted by molar-refractivity contribution is -0.116. The fourth-order valence-electron chi connectivity index (χ4n) is 2.42. The smallest absolute Gasteiger partial charge is 0.232 e. The number of nitrogens with one attached hydrogen (secondary N) is 1. The van der Waals surface area contributed by atoms with Gasteiger partial charge >= 0.3 is 0 Å². The minimum absolute atomic E-state index is 0.104. The average Bonchev–Trinajstić information content (AvgIpc) is 2.57. The Morgan fingerprint density at radius 2 is 1.92 bits per heavy atom. The third-order valence-corrected chi connectivity index (χ3v) is 4.81. The number of methoxy groups -OCH3 is 1. The summed E-state index contributed by atoms with van der Waals surface area (Å²) in [5.41, 5.74) is 0.833. The fourth-order valence-corrected chi connectivity index (χ4v) is 3.38. The van der Waals surface area contributed by atoms with Gasteiger partial charge in [0, 0.05) is 24.7 Å². The molecule has 0 fully saturated rings. The van der Waals surface area contributed by atoms with Gasteiger partial charge in [-0.25, -0.2) is 12.8 Å². The number of benzene rings is 2. The molecule has 0 aromatic heterocycles. The lowest BCUT2D eigenvalue weighted by Gasteiger charge is -2.22. The molecule has 0 saturated heterocycles. The number of carbonyl (C=O) groups excluding carboxylic acids is 1. The number of amides is 1. The van der Waals surface area contributed by atoms with Crippen molar-refractivity contribution in [2.45, 2.75) is 12.8 Å². The molecule has 0 heterocycles. The van der Waals surface area contributed by atoms with Crippen LogP contribution in [-0.2, 0) is 14.8 Å². The molecule has 140 valence electrons. The number of ether oxygens (including phenoxy) is 1. The first-order valence-electron chi connectivity index (χ1n) is 7.97. The normalized spacial score (nSPS) is 11.0. The summed E-state index contributed by atoms with van der Waals surface area (Å²) in [5.74, 6) is -0.209. The highest BCUT2D eigenvalue weighted by atomic mass is 32.2.